The molecule has 0 spiro atoms. The van der Waals surface area contributed by atoms with Crippen molar-refractivity contribution in [3.05, 3.63) is 95.9 Å². The first-order valence-corrected chi connectivity index (χ1v) is 9.55. The van der Waals surface area contributed by atoms with Crippen molar-refractivity contribution in [3.8, 4) is 11.3 Å². The van der Waals surface area contributed by atoms with Gasteiger partial charge in [0, 0.05) is 34.6 Å². The monoisotopic (exact) mass is 363 g/mol. The van der Waals surface area contributed by atoms with Crippen LogP contribution in [0.2, 0.25) is 0 Å². The van der Waals surface area contributed by atoms with Gasteiger partial charge in [0.25, 0.3) is 0 Å². The second kappa shape index (κ2) is 6.61. The van der Waals surface area contributed by atoms with E-state index in [4.69, 9.17) is 4.98 Å². The Labute approximate surface area is 164 Å². The van der Waals surface area contributed by atoms with Crippen LogP contribution in [0.3, 0.4) is 0 Å². The molecule has 28 heavy (non-hydrogen) atoms. The summed E-state index contributed by atoms with van der Waals surface area (Å²) in [7, 11) is 0. The number of benzene rings is 3. The van der Waals surface area contributed by atoms with Crippen LogP contribution in [0, 0.1) is 13.8 Å². The number of para-hydroxylation sites is 1. The second-order valence-electron chi connectivity index (χ2n) is 7.35. The first kappa shape index (κ1) is 16.7. The number of aryl methyl sites for hydroxylation is 2. The van der Waals surface area contributed by atoms with Gasteiger partial charge in [-0.1, -0.05) is 48.5 Å². The van der Waals surface area contributed by atoms with E-state index in [-0.39, 0.29) is 0 Å². The topological polar surface area (TPSA) is 30.7 Å². The summed E-state index contributed by atoms with van der Waals surface area (Å²) < 4.78 is 2.31. The summed E-state index contributed by atoms with van der Waals surface area (Å²) in [6.45, 7) is 5.11. The summed E-state index contributed by atoms with van der Waals surface area (Å²) in [5.74, 6) is 0. The third-order valence-electron chi connectivity index (χ3n) is 5.49. The van der Waals surface area contributed by atoms with Crippen molar-refractivity contribution in [2.75, 3.05) is 0 Å². The normalized spacial score (nSPS) is 11.4. The van der Waals surface area contributed by atoms with Gasteiger partial charge < -0.3 is 4.57 Å². The molecule has 3 nitrogen and oxygen atoms in total. The molecule has 3 aromatic carbocycles. The molecule has 0 bridgehead atoms. The average molecular weight is 363 g/mol. The van der Waals surface area contributed by atoms with E-state index >= 15 is 0 Å². The third-order valence-corrected chi connectivity index (χ3v) is 5.49. The highest BCUT2D eigenvalue weighted by Crippen LogP contribution is 2.34. The van der Waals surface area contributed by atoms with E-state index in [0.29, 0.717) is 0 Å². The standard InChI is InChI=1S/C25H21N3/c1-17-12-21-23(13-18(17)2)26-16-27-25(21)22-15-28(14-19-8-4-3-5-9-19)24-11-7-6-10-20(22)24/h3-13,15-16H,14H2,1-2H3. The van der Waals surface area contributed by atoms with Gasteiger partial charge in [0.05, 0.1) is 11.2 Å². The van der Waals surface area contributed by atoms with E-state index in [1.165, 1.54) is 27.6 Å². The highest BCUT2D eigenvalue weighted by molar-refractivity contribution is 6.03. The molecule has 0 radical (unpaired) electrons. The van der Waals surface area contributed by atoms with Gasteiger partial charge in [-0.3, -0.25) is 0 Å². The van der Waals surface area contributed by atoms with E-state index < -0.39 is 0 Å². The summed E-state index contributed by atoms with van der Waals surface area (Å²) >= 11 is 0. The lowest BCUT2D eigenvalue weighted by atomic mass is 10.0. The van der Waals surface area contributed by atoms with Crippen LogP contribution in [-0.4, -0.2) is 14.5 Å². The number of fused-ring (bicyclic) bond motifs is 2. The summed E-state index contributed by atoms with van der Waals surface area (Å²) in [4.78, 5) is 9.20. The zero-order valence-electron chi connectivity index (χ0n) is 16.1. The molecule has 0 aliphatic heterocycles. The number of hydrogen-bond acceptors (Lipinski definition) is 2. The van der Waals surface area contributed by atoms with Crippen LogP contribution in [0.4, 0.5) is 0 Å². The van der Waals surface area contributed by atoms with Crippen molar-refractivity contribution >= 4 is 21.8 Å². The van der Waals surface area contributed by atoms with Gasteiger partial charge in [0.15, 0.2) is 0 Å². The van der Waals surface area contributed by atoms with Gasteiger partial charge in [-0.05, 0) is 48.7 Å². The van der Waals surface area contributed by atoms with E-state index in [1.807, 2.05) is 0 Å². The highest BCUT2D eigenvalue weighted by atomic mass is 15.0. The summed E-state index contributed by atoms with van der Waals surface area (Å²) in [6, 6.07) is 23.5. The zero-order chi connectivity index (χ0) is 19.1. The Kier molecular flexibility index (Phi) is 3.94. The molecule has 0 saturated heterocycles. The van der Waals surface area contributed by atoms with Gasteiger partial charge >= 0.3 is 0 Å². The average Bonchev–Trinajstić information content (AvgIpc) is 3.08. The molecule has 2 aromatic heterocycles. The number of aromatic nitrogens is 3. The largest absolute Gasteiger partial charge is 0.342 e. The molecular formula is C25H21N3. The van der Waals surface area contributed by atoms with Crippen LogP contribution in [0.25, 0.3) is 33.1 Å². The van der Waals surface area contributed by atoms with Crippen molar-refractivity contribution in [2.24, 2.45) is 0 Å². The fourth-order valence-electron chi connectivity index (χ4n) is 3.88. The Morgan fingerprint density at radius 2 is 1.54 bits per heavy atom. The van der Waals surface area contributed by atoms with E-state index in [2.05, 4.69) is 96.3 Å². The zero-order valence-corrected chi connectivity index (χ0v) is 16.1. The molecule has 0 aliphatic rings. The maximum atomic E-state index is 4.69. The molecule has 0 aliphatic carbocycles. The van der Waals surface area contributed by atoms with Crippen LogP contribution in [0.5, 0.6) is 0 Å². The summed E-state index contributed by atoms with van der Waals surface area (Å²) in [5.41, 5.74) is 8.16. The smallest absolute Gasteiger partial charge is 0.116 e. The van der Waals surface area contributed by atoms with Crippen molar-refractivity contribution in [2.45, 2.75) is 20.4 Å². The molecule has 0 N–H and O–H groups in total. The molecule has 0 amide bonds. The second-order valence-corrected chi connectivity index (χ2v) is 7.35. The number of hydrogen-bond donors (Lipinski definition) is 0. The Morgan fingerprint density at radius 1 is 0.786 bits per heavy atom. The maximum Gasteiger partial charge on any atom is 0.116 e. The highest BCUT2D eigenvalue weighted by Gasteiger charge is 2.15. The minimum atomic E-state index is 0.836. The Balaban J connectivity index is 1.74. The van der Waals surface area contributed by atoms with Gasteiger partial charge in [0.1, 0.15) is 6.33 Å². The Hall–Kier alpha value is -3.46. The minimum Gasteiger partial charge on any atom is -0.342 e. The third kappa shape index (κ3) is 2.76. The van der Waals surface area contributed by atoms with E-state index in [9.17, 15) is 0 Å². The lowest BCUT2D eigenvalue weighted by molar-refractivity contribution is 0.837. The van der Waals surface area contributed by atoms with Gasteiger partial charge in [-0.25, -0.2) is 9.97 Å². The van der Waals surface area contributed by atoms with E-state index in [1.54, 1.807) is 6.33 Å². The van der Waals surface area contributed by atoms with Crippen LogP contribution in [0.15, 0.2) is 79.3 Å². The summed E-state index contributed by atoms with van der Waals surface area (Å²) in [5, 5.41) is 2.32. The molecule has 0 fully saturated rings. The molecule has 2 heterocycles. The molecule has 0 unspecified atom stereocenters. The van der Waals surface area contributed by atoms with Crippen molar-refractivity contribution in [1.29, 1.82) is 0 Å². The fourth-order valence-corrected chi connectivity index (χ4v) is 3.88. The minimum absolute atomic E-state index is 0.836. The van der Waals surface area contributed by atoms with Crippen molar-refractivity contribution < 1.29 is 0 Å². The predicted octanol–water partition coefficient (Wildman–Crippen LogP) is 5.92. The lowest BCUT2D eigenvalue weighted by Crippen LogP contribution is -1.97. The molecular weight excluding hydrogens is 342 g/mol. The van der Waals surface area contributed by atoms with Crippen LogP contribution in [0.1, 0.15) is 16.7 Å². The summed E-state index contributed by atoms with van der Waals surface area (Å²) in [6.07, 6.45) is 3.91. The molecule has 0 atom stereocenters. The Morgan fingerprint density at radius 3 is 2.39 bits per heavy atom. The first-order valence-electron chi connectivity index (χ1n) is 9.55. The van der Waals surface area contributed by atoms with Crippen LogP contribution < -0.4 is 0 Å². The molecule has 3 heteroatoms. The van der Waals surface area contributed by atoms with Crippen molar-refractivity contribution in [1.82, 2.24) is 14.5 Å². The van der Waals surface area contributed by atoms with Gasteiger partial charge in [-0.2, -0.15) is 0 Å². The molecule has 5 aromatic rings. The fraction of sp³-hybridized carbons (Fsp3) is 0.120. The van der Waals surface area contributed by atoms with Crippen LogP contribution >= 0.6 is 0 Å². The number of rotatable bonds is 3. The Bertz CT molecular complexity index is 1300. The maximum absolute atomic E-state index is 4.69. The molecule has 5 rings (SSSR count). The first-order chi connectivity index (χ1) is 13.7. The quantitative estimate of drug-likeness (QED) is 0.398. The molecule has 136 valence electrons. The molecule has 0 saturated carbocycles. The predicted molar refractivity (Wildman–Crippen MR) is 115 cm³/mol. The lowest BCUT2D eigenvalue weighted by Gasteiger charge is -2.07. The SMILES string of the molecule is Cc1cc2ncnc(-c3cn(Cc4ccccc4)c4ccccc34)c2cc1C. The van der Waals surface area contributed by atoms with Gasteiger partial charge in [-0.15, -0.1) is 0 Å². The van der Waals surface area contributed by atoms with Gasteiger partial charge in [0.2, 0.25) is 0 Å². The number of nitrogens with zero attached hydrogens (tertiary/aromatic N) is 3. The van der Waals surface area contributed by atoms with Crippen molar-refractivity contribution in [3.63, 3.8) is 0 Å². The van der Waals surface area contributed by atoms with Crippen LogP contribution in [-0.2, 0) is 6.54 Å². The van der Waals surface area contributed by atoms with E-state index in [0.717, 1.165) is 28.7 Å².